The molecule has 0 atom stereocenters. The summed E-state index contributed by atoms with van der Waals surface area (Å²) in [6.07, 6.45) is 3.19. The molecule has 1 aromatic heterocycles. The van der Waals surface area contributed by atoms with E-state index in [1.165, 1.54) is 0 Å². The topological polar surface area (TPSA) is 49.6 Å². The average molecular weight is 177 g/mol. The maximum Gasteiger partial charge on any atom is 0.278 e. The Balaban J connectivity index is 2.37. The number of aromatic nitrogens is 2. The van der Waals surface area contributed by atoms with Gasteiger partial charge in [0, 0.05) is 17.9 Å². The van der Waals surface area contributed by atoms with E-state index in [0.29, 0.717) is 6.32 Å². The summed E-state index contributed by atoms with van der Waals surface area (Å²) in [6.45, 7) is 0.0627. The number of nitriles is 1. The zero-order valence-corrected chi connectivity index (χ0v) is 7.04. The summed E-state index contributed by atoms with van der Waals surface area (Å²) in [6, 6.07) is 0. The van der Waals surface area contributed by atoms with Gasteiger partial charge in [-0.1, -0.05) is 0 Å². The summed E-state index contributed by atoms with van der Waals surface area (Å²) in [5.74, 6) is 2.22. The Morgan fingerprint density at radius 3 is 3.17 bits per heavy atom. The first-order chi connectivity index (χ1) is 5.79. The second-order valence-corrected chi connectivity index (χ2v) is 3.18. The highest BCUT2D eigenvalue weighted by atomic mass is 35.5. The molecule has 0 saturated carbocycles. The maximum absolute atomic E-state index is 8.68. The van der Waals surface area contributed by atoms with Crippen LogP contribution in [0.5, 0.6) is 0 Å². The van der Waals surface area contributed by atoms with Gasteiger partial charge in [-0.2, -0.15) is 0 Å². The fraction of sp³-hybridized carbons (Fsp3) is 0.286. The van der Waals surface area contributed by atoms with Crippen LogP contribution in [0.3, 0.4) is 0 Å². The van der Waals surface area contributed by atoms with Crippen LogP contribution < -0.4 is 0 Å². The van der Waals surface area contributed by atoms with Gasteiger partial charge in [0.25, 0.3) is 6.71 Å². The van der Waals surface area contributed by atoms with Crippen LogP contribution in [0.15, 0.2) is 6.20 Å². The zero-order valence-electron chi connectivity index (χ0n) is 6.29. The Bertz CT molecular complexity index is 360. The predicted octanol–water partition coefficient (Wildman–Crippen LogP) is 0.865. The number of hydrogen-bond acceptors (Lipinski definition) is 3. The van der Waals surface area contributed by atoms with Gasteiger partial charge in [0.15, 0.2) is 0 Å². The number of hydrogen-bond donors (Lipinski definition) is 0. The smallest absolute Gasteiger partial charge is 0.226 e. The lowest BCUT2D eigenvalue weighted by atomic mass is 9.49. The van der Waals surface area contributed by atoms with Crippen LogP contribution in [-0.4, -0.2) is 16.7 Å². The minimum Gasteiger partial charge on any atom is -0.226 e. The second-order valence-electron chi connectivity index (χ2n) is 2.85. The van der Waals surface area contributed by atoms with Crippen LogP contribution >= 0.6 is 11.6 Å². The van der Waals surface area contributed by atoms with Gasteiger partial charge in [-0.25, -0.2) is 15.2 Å². The normalized spacial score (nSPS) is 14.2. The Morgan fingerprint density at radius 1 is 1.58 bits per heavy atom. The molecule has 0 aromatic carbocycles. The van der Waals surface area contributed by atoms with E-state index in [-0.39, 0.29) is 12.0 Å². The van der Waals surface area contributed by atoms with Crippen molar-refractivity contribution in [3.8, 4) is 5.97 Å². The molecule has 1 aliphatic heterocycles. The average Bonchev–Trinajstić information content (AvgIpc) is 2.46. The third-order valence-electron chi connectivity index (χ3n) is 2.01. The molecule has 1 aliphatic rings. The molecule has 0 spiro atoms. The van der Waals surface area contributed by atoms with E-state index in [1.807, 2.05) is 0 Å². The van der Waals surface area contributed by atoms with Crippen molar-refractivity contribution in [2.75, 3.05) is 0 Å². The van der Waals surface area contributed by atoms with Crippen LogP contribution in [0.1, 0.15) is 11.3 Å². The summed E-state index contributed by atoms with van der Waals surface area (Å²) in [5, 5.41) is 8.95. The SMILES string of the molecule is N#CB1Cc2cnc(Cl)nc2C1. The van der Waals surface area contributed by atoms with Crippen molar-refractivity contribution >= 4 is 18.3 Å². The van der Waals surface area contributed by atoms with Crippen molar-refractivity contribution < 1.29 is 0 Å². The molecular formula is C7H5BClN3. The Kier molecular flexibility index (Phi) is 1.74. The van der Waals surface area contributed by atoms with Gasteiger partial charge in [0.2, 0.25) is 5.28 Å². The lowest BCUT2D eigenvalue weighted by Gasteiger charge is -1.95. The van der Waals surface area contributed by atoms with Crippen molar-refractivity contribution in [3.05, 3.63) is 22.7 Å². The van der Waals surface area contributed by atoms with Gasteiger partial charge >= 0.3 is 0 Å². The minimum absolute atomic E-state index is 0.0627. The van der Waals surface area contributed by atoms with Crippen molar-refractivity contribution in [3.63, 3.8) is 0 Å². The summed E-state index contributed by atoms with van der Waals surface area (Å²) in [7, 11) is 0. The largest absolute Gasteiger partial charge is 0.278 e. The molecule has 0 aliphatic carbocycles. The predicted molar refractivity (Wildman–Crippen MR) is 45.8 cm³/mol. The number of nitrogens with zero attached hydrogens (tertiary/aromatic N) is 3. The molecule has 5 heteroatoms. The molecule has 2 rings (SSSR count). The Morgan fingerprint density at radius 2 is 2.42 bits per heavy atom. The third-order valence-corrected chi connectivity index (χ3v) is 2.20. The van der Waals surface area contributed by atoms with Crippen molar-refractivity contribution in [1.29, 1.82) is 5.26 Å². The first-order valence-electron chi connectivity index (χ1n) is 3.69. The molecule has 0 radical (unpaired) electrons. The molecule has 3 nitrogen and oxygen atoms in total. The van der Waals surface area contributed by atoms with E-state index in [0.717, 1.165) is 17.6 Å². The molecule has 1 aromatic rings. The van der Waals surface area contributed by atoms with E-state index in [9.17, 15) is 0 Å². The molecule has 0 N–H and O–H groups in total. The first kappa shape index (κ1) is 7.57. The molecule has 0 amide bonds. The van der Waals surface area contributed by atoms with Crippen LogP contribution in [0, 0.1) is 11.2 Å². The molecule has 58 valence electrons. The van der Waals surface area contributed by atoms with E-state index in [4.69, 9.17) is 16.9 Å². The van der Waals surface area contributed by atoms with E-state index >= 15 is 0 Å². The number of halogens is 1. The molecule has 12 heavy (non-hydrogen) atoms. The van der Waals surface area contributed by atoms with E-state index in [2.05, 4.69) is 15.9 Å². The highest BCUT2D eigenvalue weighted by Crippen LogP contribution is 2.19. The van der Waals surface area contributed by atoms with Crippen LogP contribution in [-0.2, 0) is 12.6 Å². The van der Waals surface area contributed by atoms with Gasteiger partial charge in [0.05, 0.1) is 0 Å². The van der Waals surface area contributed by atoms with Gasteiger partial charge in [-0.15, -0.1) is 0 Å². The lowest BCUT2D eigenvalue weighted by molar-refractivity contribution is 1.06. The lowest BCUT2D eigenvalue weighted by Crippen LogP contribution is -2.09. The summed E-state index contributed by atoms with van der Waals surface area (Å²) in [4.78, 5) is 7.92. The highest BCUT2D eigenvalue weighted by molar-refractivity contribution is 6.66. The monoisotopic (exact) mass is 177 g/mol. The van der Waals surface area contributed by atoms with Gasteiger partial charge in [-0.05, 0) is 29.8 Å². The Labute approximate surface area is 75.5 Å². The molecular weight excluding hydrogens is 172 g/mol. The fourth-order valence-corrected chi connectivity index (χ4v) is 1.58. The molecule has 2 heterocycles. The highest BCUT2D eigenvalue weighted by Gasteiger charge is 2.26. The molecule has 0 bridgehead atoms. The number of rotatable bonds is 0. The van der Waals surface area contributed by atoms with E-state index in [1.54, 1.807) is 6.20 Å². The molecule has 0 unspecified atom stereocenters. The molecule has 0 fully saturated rings. The quantitative estimate of drug-likeness (QED) is 0.436. The fourth-order valence-electron chi connectivity index (χ4n) is 1.43. The van der Waals surface area contributed by atoms with Crippen molar-refractivity contribution in [2.24, 2.45) is 0 Å². The van der Waals surface area contributed by atoms with Crippen molar-refractivity contribution in [1.82, 2.24) is 9.97 Å². The van der Waals surface area contributed by atoms with Crippen molar-refractivity contribution in [2.45, 2.75) is 12.6 Å². The van der Waals surface area contributed by atoms with Crippen LogP contribution in [0.2, 0.25) is 5.28 Å². The standard InChI is InChI=1S/C7H5BClN3/c9-7-11-3-5-1-8(4-10)2-6(5)12-7/h3H,1-2H2. The summed E-state index contributed by atoms with van der Waals surface area (Å²) in [5.41, 5.74) is 1.99. The minimum atomic E-state index is 0.0627. The second kappa shape index (κ2) is 2.76. The summed E-state index contributed by atoms with van der Waals surface area (Å²) >= 11 is 5.61. The van der Waals surface area contributed by atoms with E-state index < -0.39 is 0 Å². The van der Waals surface area contributed by atoms with Gasteiger partial charge < -0.3 is 0 Å². The number of fused-ring (bicyclic) bond motifs is 1. The van der Waals surface area contributed by atoms with Gasteiger partial charge in [-0.3, -0.25) is 0 Å². The van der Waals surface area contributed by atoms with Crippen LogP contribution in [0.25, 0.3) is 0 Å². The van der Waals surface area contributed by atoms with Crippen LogP contribution in [0.4, 0.5) is 0 Å². The van der Waals surface area contributed by atoms with Gasteiger partial charge in [0.1, 0.15) is 0 Å². The molecule has 0 saturated heterocycles. The summed E-state index contributed by atoms with van der Waals surface area (Å²) < 4.78 is 0. The maximum atomic E-state index is 8.68. The third kappa shape index (κ3) is 1.17. The zero-order chi connectivity index (χ0) is 8.55. The first-order valence-corrected chi connectivity index (χ1v) is 4.07. The Hall–Kier alpha value is -1.08.